The van der Waals surface area contributed by atoms with Gasteiger partial charge in [0.2, 0.25) is 5.90 Å². The van der Waals surface area contributed by atoms with Gasteiger partial charge in [-0.2, -0.15) is 0 Å². The number of amides is 1. The zero-order valence-corrected chi connectivity index (χ0v) is 24.3. The highest BCUT2D eigenvalue weighted by atomic mass is 16.5. The summed E-state index contributed by atoms with van der Waals surface area (Å²) in [6.45, 7) is -0.298. The number of aliphatic imine (C=N–C) groups is 1. The molecule has 1 aliphatic rings. The molecule has 2 atom stereocenters. The van der Waals surface area contributed by atoms with Crippen LogP contribution in [0.5, 0.6) is 5.75 Å². The van der Waals surface area contributed by atoms with Crippen molar-refractivity contribution in [1.29, 1.82) is 0 Å². The molecule has 0 aromatic heterocycles. The molecule has 0 aliphatic carbocycles. The van der Waals surface area contributed by atoms with Gasteiger partial charge in [0.25, 0.3) is 5.91 Å². The summed E-state index contributed by atoms with van der Waals surface area (Å²) in [5.74, 6) is 0.478. The number of nitrogens with one attached hydrogen (secondary N) is 2. The number of benzene rings is 4. The van der Waals surface area contributed by atoms with Crippen LogP contribution >= 0.6 is 0 Å². The van der Waals surface area contributed by atoms with Gasteiger partial charge in [-0.05, 0) is 46.5 Å². The van der Waals surface area contributed by atoms with Crippen molar-refractivity contribution in [2.75, 3.05) is 26.4 Å². The van der Waals surface area contributed by atoms with Gasteiger partial charge >= 0.3 is 0 Å². The third-order valence-corrected chi connectivity index (χ3v) is 7.50. The lowest BCUT2D eigenvalue weighted by atomic mass is 9.82. The number of aliphatic hydroxyl groups is 3. The molecule has 0 spiro atoms. The quantitative estimate of drug-likeness (QED) is 0.111. The Bertz CT molecular complexity index is 1510. The van der Waals surface area contributed by atoms with Crippen LogP contribution in [-0.4, -0.2) is 65.1 Å². The van der Waals surface area contributed by atoms with Crippen molar-refractivity contribution < 1.29 is 29.6 Å². The Hall–Kier alpha value is -4.54. The summed E-state index contributed by atoms with van der Waals surface area (Å²) in [7, 11) is 0. The Kier molecular flexibility index (Phi) is 10.4. The van der Waals surface area contributed by atoms with Gasteiger partial charge in [-0.25, -0.2) is 10.4 Å². The van der Waals surface area contributed by atoms with E-state index in [2.05, 4.69) is 10.9 Å². The normalized spacial score (nSPS) is 17.6. The number of rotatable bonds is 14. The highest BCUT2D eigenvalue weighted by Gasteiger charge is 2.53. The van der Waals surface area contributed by atoms with E-state index >= 15 is 0 Å². The van der Waals surface area contributed by atoms with Crippen LogP contribution in [0, 0.1) is 0 Å². The lowest BCUT2D eigenvalue weighted by Gasteiger charge is -2.31. The second kappa shape index (κ2) is 14.8. The van der Waals surface area contributed by atoms with Crippen LogP contribution in [0.15, 0.2) is 114 Å². The minimum absolute atomic E-state index is 0.0498. The SMILES string of the molecule is O=C(NNC(CO)CO)[C@@]1(Cc2ccccc2)N=C(c2ccc(OCCCO)cc2)O[C@H]1c1ccc(-c2ccccc2)cc1. The van der Waals surface area contributed by atoms with Gasteiger partial charge < -0.3 is 24.8 Å². The maximum Gasteiger partial charge on any atom is 0.266 e. The van der Waals surface area contributed by atoms with Crippen molar-refractivity contribution in [1.82, 2.24) is 10.9 Å². The maximum atomic E-state index is 14.2. The van der Waals surface area contributed by atoms with Crippen molar-refractivity contribution >= 4 is 11.8 Å². The predicted molar refractivity (Wildman–Crippen MR) is 168 cm³/mol. The fourth-order valence-electron chi connectivity index (χ4n) is 5.10. The number of aliphatic hydroxyl groups excluding tert-OH is 3. The number of nitrogens with zero attached hydrogens (tertiary/aromatic N) is 1. The summed E-state index contributed by atoms with van der Waals surface area (Å²) in [5.41, 5.74) is 8.41. The van der Waals surface area contributed by atoms with Gasteiger partial charge in [0, 0.05) is 25.0 Å². The summed E-state index contributed by atoms with van der Waals surface area (Å²) in [6.07, 6.45) is -0.0474. The van der Waals surface area contributed by atoms with E-state index in [1.54, 1.807) is 12.1 Å². The summed E-state index contributed by atoms with van der Waals surface area (Å²) in [6, 6.07) is 34.0. The van der Waals surface area contributed by atoms with Crippen molar-refractivity contribution in [2.45, 2.75) is 30.5 Å². The Balaban J connectivity index is 1.54. The molecule has 228 valence electrons. The molecule has 0 unspecified atom stereocenters. The van der Waals surface area contributed by atoms with Gasteiger partial charge in [-0.15, -0.1) is 0 Å². The lowest BCUT2D eigenvalue weighted by Crippen LogP contribution is -2.57. The second-order valence-corrected chi connectivity index (χ2v) is 10.6. The van der Waals surface area contributed by atoms with Gasteiger partial charge in [-0.3, -0.25) is 10.2 Å². The lowest BCUT2D eigenvalue weighted by molar-refractivity contribution is -0.130. The zero-order chi connectivity index (χ0) is 30.8. The number of carbonyl (C=O) groups is 1. The number of carbonyl (C=O) groups excluding carboxylic acids is 1. The van der Waals surface area contributed by atoms with E-state index in [-0.39, 0.29) is 26.2 Å². The second-order valence-electron chi connectivity index (χ2n) is 10.6. The molecule has 44 heavy (non-hydrogen) atoms. The smallest absolute Gasteiger partial charge is 0.266 e. The Labute approximate surface area is 256 Å². The van der Waals surface area contributed by atoms with Gasteiger partial charge in [0.05, 0.1) is 25.9 Å². The molecule has 9 heteroatoms. The summed E-state index contributed by atoms with van der Waals surface area (Å²) < 4.78 is 12.3. The summed E-state index contributed by atoms with van der Waals surface area (Å²) in [4.78, 5) is 19.2. The fraction of sp³-hybridized carbons (Fsp3) is 0.257. The molecule has 5 N–H and O–H groups in total. The molecule has 1 heterocycles. The predicted octanol–water partition coefficient (Wildman–Crippen LogP) is 3.59. The van der Waals surface area contributed by atoms with E-state index < -0.39 is 23.6 Å². The Morgan fingerprint density at radius 3 is 2.07 bits per heavy atom. The third-order valence-electron chi connectivity index (χ3n) is 7.50. The van der Waals surface area contributed by atoms with Gasteiger partial charge in [0.15, 0.2) is 11.6 Å². The van der Waals surface area contributed by atoms with Crippen LogP contribution in [0.4, 0.5) is 0 Å². The van der Waals surface area contributed by atoms with E-state index in [4.69, 9.17) is 19.6 Å². The minimum Gasteiger partial charge on any atom is -0.494 e. The van der Waals surface area contributed by atoms with E-state index in [9.17, 15) is 15.0 Å². The topological polar surface area (TPSA) is 133 Å². The molecule has 5 rings (SSSR count). The van der Waals surface area contributed by atoms with Crippen molar-refractivity contribution in [3.63, 3.8) is 0 Å². The van der Waals surface area contributed by atoms with Crippen LogP contribution in [0.1, 0.15) is 29.2 Å². The third kappa shape index (κ3) is 7.15. The first kappa shape index (κ1) is 30.9. The zero-order valence-electron chi connectivity index (χ0n) is 24.3. The Morgan fingerprint density at radius 1 is 0.818 bits per heavy atom. The Morgan fingerprint density at radius 2 is 1.43 bits per heavy atom. The fourth-order valence-corrected chi connectivity index (χ4v) is 5.10. The monoisotopic (exact) mass is 595 g/mol. The van der Waals surface area contributed by atoms with Gasteiger partial charge in [0.1, 0.15) is 5.75 Å². The van der Waals surface area contributed by atoms with E-state index in [0.717, 1.165) is 22.3 Å². The summed E-state index contributed by atoms with van der Waals surface area (Å²) >= 11 is 0. The first-order valence-corrected chi connectivity index (χ1v) is 14.6. The highest BCUT2D eigenvalue weighted by molar-refractivity contribution is 6.01. The summed E-state index contributed by atoms with van der Waals surface area (Å²) in [5, 5.41) is 28.2. The molecular formula is C35H37N3O6. The largest absolute Gasteiger partial charge is 0.494 e. The number of ether oxygens (including phenoxy) is 2. The maximum absolute atomic E-state index is 14.2. The molecular weight excluding hydrogens is 558 g/mol. The van der Waals surface area contributed by atoms with Crippen LogP contribution in [0.25, 0.3) is 11.1 Å². The molecule has 4 aromatic carbocycles. The average Bonchev–Trinajstić information content (AvgIpc) is 3.46. The van der Waals surface area contributed by atoms with Crippen LogP contribution in [0.2, 0.25) is 0 Å². The van der Waals surface area contributed by atoms with Crippen LogP contribution in [0.3, 0.4) is 0 Å². The standard InChI is InChI=1S/C35H37N3O6/c39-20-7-21-43-31-18-16-29(17-19-31)33-36-35(22-25-8-3-1-4-9-25,34(42)38-37-30(23-40)24-41)32(44-33)28-14-12-27(13-15-28)26-10-5-2-6-11-26/h1-6,8-19,30,32,37,39-41H,7,20-24H2,(H,38,42)/t32-,35-/m0/s1. The molecule has 1 amide bonds. The van der Waals surface area contributed by atoms with Crippen molar-refractivity contribution in [3.8, 4) is 16.9 Å². The van der Waals surface area contributed by atoms with Crippen molar-refractivity contribution in [2.24, 2.45) is 4.99 Å². The molecule has 0 saturated heterocycles. The molecule has 1 aliphatic heterocycles. The van der Waals surface area contributed by atoms with E-state index in [0.29, 0.717) is 30.2 Å². The average molecular weight is 596 g/mol. The number of hydrogen-bond donors (Lipinski definition) is 5. The van der Waals surface area contributed by atoms with Crippen LogP contribution in [-0.2, 0) is 16.0 Å². The molecule has 0 bridgehead atoms. The van der Waals surface area contributed by atoms with Crippen molar-refractivity contribution in [3.05, 3.63) is 126 Å². The highest BCUT2D eigenvalue weighted by Crippen LogP contribution is 2.43. The molecule has 0 fully saturated rings. The van der Waals surface area contributed by atoms with E-state index in [1.165, 1.54) is 0 Å². The first-order valence-electron chi connectivity index (χ1n) is 14.6. The van der Waals surface area contributed by atoms with E-state index in [1.807, 2.05) is 97.1 Å². The first-order chi connectivity index (χ1) is 21.6. The molecule has 0 radical (unpaired) electrons. The van der Waals surface area contributed by atoms with Gasteiger partial charge in [-0.1, -0.05) is 84.9 Å². The number of hydrogen-bond acceptors (Lipinski definition) is 8. The van der Waals surface area contributed by atoms with Crippen LogP contribution < -0.4 is 15.6 Å². The molecule has 9 nitrogen and oxygen atoms in total. The molecule has 4 aromatic rings. The molecule has 0 saturated carbocycles. The number of hydrazine groups is 1. The minimum atomic E-state index is -1.44.